The number of hydrogen-bond acceptors (Lipinski definition) is 4. The summed E-state index contributed by atoms with van der Waals surface area (Å²) in [7, 11) is 0. The molecule has 1 fully saturated rings. The lowest BCUT2D eigenvalue weighted by Crippen LogP contribution is -2.45. The standard InChI is InChI=1S/C27H31F3N2O4/c28-27(29,30)21-9-7-20(8-10-21)25(34)32-15-12-26(13-16-32)11-3-4-17-35-18-14-31-24(33)22-5-1-2-6-23(22)36-19-26/h1-2,5-10H,3-4,11-19H2,(H,31,33). The number of benzene rings is 2. The van der Waals surface area contributed by atoms with Crippen LogP contribution in [0.2, 0.25) is 0 Å². The summed E-state index contributed by atoms with van der Waals surface area (Å²) in [6.07, 6.45) is -0.295. The number of nitrogens with one attached hydrogen (secondary N) is 1. The molecule has 1 N–H and O–H groups in total. The minimum atomic E-state index is -4.44. The lowest BCUT2D eigenvalue weighted by molar-refractivity contribution is -0.137. The minimum Gasteiger partial charge on any atom is -0.492 e. The highest BCUT2D eigenvalue weighted by atomic mass is 19.4. The molecule has 2 heterocycles. The van der Waals surface area contributed by atoms with Crippen LogP contribution in [0.5, 0.6) is 5.75 Å². The molecular formula is C27H31F3N2O4. The van der Waals surface area contributed by atoms with Crippen LogP contribution in [0.1, 0.15) is 58.4 Å². The molecule has 194 valence electrons. The SMILES string of the molecule is O=C1NCCOCCCCC2(CCN(C(=O)c3ccc(C(F)(F)F)cc3)CC2)COc2ccccc21. The van der Waals surface area contributed by atoms with E-state index in [9.17, 15) is 22.8 Å². The van der Waals surface area contributed by atoms with E-state index in [1.54, 1.807) is 23.1 Å². The number of ether oxygens (including phenoxy) is 2. The average molecular weight is 505 g/mol. The summed E-state index contributed by atoms with van der Waals surface area (Å²) in [5.41, 5.74) is -0.227. The lowest BCUT2D eigenvalue weighted by atomic mass is 9.75. The molecule has 2 amide bonds. The van der Waals surface area contributed by atoms with Gasteiger partial charge in [-0.15, -0.1) is 0 Å². The van der Waals surface area contributed by atoms with Gasteiger partial charge in [-0.05, 0) is 62.1 Å². The highest BCUT2D eigenvalue weighted by Crippen LogP contribution is 2.38. The lowest BCUT2D eigenvalue weighted by Gasteiger charge is -2.42. The molecule has 0 saturated carbocycles. The topological polar surface area (TPSA) is 67.9 Å². The van der Waals surface area contributed by atoms with E-state index in [0.29, 0.717) is 63.6 Å². The minimum absolute atomic E-state index is 0.176. The molecule has 4 rings (SSSR count). The Balaban J connectivity index is 1.45. The number of hydrogen-bond donors (Lipinski definition) is 1. The highest BCUT2D eigenvalue weighted by molar-refractivity contribution is 5.97. The zero-order chi connectivity index (χ0) is 25.6. The summed E-state index contributed by atoms with van der Waals surface area (Å²) in [5, 5.41) is 2.86. The number of amides is 2. The highest BCUT2D eigenvalue weighted by Gasteiger charge is 2.37. The normalized spacial score (nSPS) is 19.5. The largest absolute Gasteiger partial charge is 0.492 e. The van der Waals surface area contributed by atoms with Crippen LogP contribution in [0.3, 0.4) is 0 Å². The van der Waals surface area contributed by atoms with Crippen LogP contribution < -0.4 is 10.1 Å². The third-order valence-electron chi connectivity index (χ3n) is 7.01. The molecule has 2 aromatic rings. The van der Waals surface area contributed by atoms with Crippen molar-refractivity contribution in [3.8, 4) is 5.75 Å². The molecule has 0 bridgehead atoms. The van der Waals surface area contributed by atoms with Gasteiger partial charge in [-0.25, -0.2) is 0 Å². The summed E-state index contributed by atoms with van der Waals surface area (Å²) in [4.78, 5) is 27.3. The van der Waals surface area contributed by atoms with E-state index < -0.39 is 11.7 Å². The second kappa shape index (κ2) is 11.3. The fourth-order valence-electron chi connectivity index (χ4n) is 4.78. The average Bonchev–Trinajstić information content (AvgIpc) is 2.88. The van der Waals surface area contributed by atoms with Gasteiger partial charge in [0, 0.05) is 37.2 Å². The summed E-state index contributed by atoms with van der Waals surface area (Å²) in [6, 6.07) is 11.5. The van der Waals surface area contributed by atoms with Crippen molar-refractivity contribution in [3.63, 3.8) is 0 Å². The molecule has 0 unspecified atom stereocenters. The van der Waals surface area contributed by atoms with Gasteiger partial charge in [-0.1, -0.05) is 18.6 Å². The maximum atomic E-state index is 13.0. The Bertz CT molecular complexity index is 1050. The zero-order valence-corrected chi connectivity index (χ0v) is 20.1. The second-order valence-corrected chi connectivity index (χ2v) is 9.48. The zero-order valence-electron chi connectivity index (χ0n) is 20.1. The molecule has 2 aliphatic heterocycles. The van der Waals surface area contributed by atoms with Gasteiger partial charge in [0.1, 0.15) is 5.75 Å². The number of nitrogens with zero attached hydrogens (tertiary/aromatic N) is 1. The number of piperidine rings is 1. The van der Waals surface area contributed by atoms with E-state index in [1.807, 2.05) is 6.07 Å². The van der Waals surface area contributed by atoms with Crippen molar-refractivity contribution in [1.29, 1.82) is 0 Å². The van der Waals surface area contributed by atoms with Crippen LogP contribution in [-0.4, -0.2) is 56.2 Å². The van der Waals surface area contributed by atoms with Crippen molar-refractivity contribution < 1.29 is 32.2 Å². The fourth-order valence-corrected chi connectivity index (χ4v) is 4.78. The molecule has 0 aromatic heterocycles. The van der Waals surface area contributed by atoms with Crippen molar-refractivity contribution in [3.05, 3.63) is 65.2 Å². The van der Waals surface area contributed by atoms with Crippen molar-refractivity contribution in [1.82, 2.24) is 10.2 Å². The molecule has 0 aliphatic carbocycles. The van der Waals surface area contributed by atoms with Crippen LogP contribution in [0.25, 0.3) is 0 Å². The van der Waals surface area contributed by atoms with Crippen molar-refractivity contribution in [2.75, 3.05) is 39.5 Å². The van der Waals surface area contributed by atoms with Gasteiger partial charge in [-0.3, -0.25) is 9.59 Å². The Hall–Kier alpha value is -3.07. The fraction of sp³-hybridized carbons (Fsp3) is 0.481. The molecule has 9 heteroatoms. The predicted octanol–water partition coefficient (Wildman–Crippen LogP) is 4.94. The van der Waals surface area contributed by atoms with Crippen LogP contribution in [-0.2, 0) is 10.9 Å². The third-order valence-corrected chi connectivity index (χ3v) is 7.01. The number of carbonyl (C=O) groups excluding carboxylic acids is 2. The summed E-state index contributed by atoms with van der Waals surface area (Å²) >= 11 is 0. The Morgan fingerprint density at radius 1 is 0.944 bits per heavy atom. The Labute approximate surface area is 208 Å². The van der Waals surface area contributed by atoms with Gasteiger partial charge in [0.05, 0.1) is 24.3 Å². The second-order valence-electron chi connectivity index (χ2n) is 9.48. The maximum absolute atomic E-state index is 13.0. The molecule has 0 radical (unpaired) electrons. The predicted molar refractivity (Wildman–Crippen MR) is 128 cm³/mol. The van der Waals surface area contributed by atoms with Gasteiger partial charge in [0.2, 0.25) is 0 Å². The Morgan fingerprint density at radius 2 is 1.67 bits per heavy atom. The number of carbonyl (C=O) groups is 2. The van der Waals surface area contributed by atoms with Gasteiger partial charge in [0.15, 0.2) is 0 Å². The first-order valence-corrected chi connectivity index (χ1v) is 12.3. The van der Waals surface area contributed by atoms with Gasteiger partial charge in [-0.2, -0.15) is 13.2 Å². The summed E-state index contributed by atoms with van der Waals surface area (Å²) in [5.74, 6) is 0.0451. The van der Waals surface area contributed by atoms with Crippen molar-refractivity contribution >= 4 is 11.8 Å². The molecule has 2 aromatic carbocycles. The van der Waals surface area contributed by atoms with Crippen molar-refractivity contribution in [2.45, 2.75) is 38.3 Å². The molecule has 2 aliphatic rings. The summed E-state index contributed by atoms with van der Waals surface area (Å²) in [6.45, 7) is 2.88. The molecule has 1 saturated heterocycles. The number of fused-ring (bicyclic) bond motifs is 1. The van der Waals surface area contributed by atoms with Crippen LogP contribution in [0.15, 0.2) is 48.5 Å². The number of halogens is 3. The number of para-hydroxylation sites is 1. The van der Waals surface area contributed by atoms with E-state index in [0.717, 1.165) is 31.4 Å². The number of likely N-dealkylation sites (tertiary alicyclic amines) is 1. The van der Waals surface area contributed by atoms with E-state index in [2.05, 4.69) is 5.32 Å². The van der Waals surface area contributed by atoms with E-state index in [1.165, 1.54) is 12.1 Å². The van der Waals surface area contributed by atoms with E-state index in [4.69, 9.17) is 9.47 Å². The monoisotopic (exact) mass is 504 g/mol. The molecule has 6 nitrogen and oxygen atoms in total. The van der Waals surface area contributed by atoms with Gasteiger partial charge >= 0.3 is 6.18 Å². The van der Waals surface area contributed by atoms with Gasteiger partial charge < -0.3 is 19.7 Å². The van der Waals surface area contributed by atoms with Gasteiger partial charge in [0.25, 0.3) is 11.8 Å². The molecule has 36 heavy (non-hydrogen) atoms. The Kier molecular flexibility index (Phi) is 8.18. The molecule has 1 spiro atoms. The molecular weight excluding hydrogens is 473 g/mol. The van der Waals surface area contributed by atoms with Crippen LogP contribution in [0.4, 0.5) is 13.2 Å². The van der Waals surface area contributed by atoms with Crippen LogP contribution >= 0.6 is 0 Å². The number of rotatable bonds is 1. The quantitative estimate of drug-likeness (QED) is 0.598. The van der Waals surface area contributed by atoms with Crippen LogP contribution in [0, 0.1) is 5.41 Å². The maximum Gasteiger partial charge on any atom is 0.416 e. The van der Waals surface area contributed by atoms with E-state index >= 15 is 0 Å². The number of alkyl halides is 3. The smallest absolute Gasteiger partial charge is 0.416 e. The Morgan fingerprint density at radius 3 is 2.39 bits per heavy atom. The third kappa shape index (κ3) is 6.37. The molecule has 0 atom stereocenters. The van der Waals surface area contributed by atoms with E-state index in [-0.39, 0.29) is 22.8 Å². The first kappa shape index (κ1) is 26.0. The first-order valence-electron chi connectivity index (χ1n) is 12.3. The first-order chi connectivity index (χ1) is 17.3. The summed E-state index contributed by atoms with van der Waals surface area (Å²) < 4.78 is 50.5. The van der Waals surface area contributed by atoms with Crippen molar-refractivity contribution in [2.24, 2.45) is 5.41 Å².